The monoisotopic (exact) mass is 614 g/mol. The smallest absolute Gasteiger partial charge is 0.0253 e. The van der Waals surface area contributed by atoms with E-state index in [-0.39, 0.29) is 24.8 Å². The fourth-order valence-electron chi connectivity index (χ4n) is 7.63. The molecular formula is C35H34Cl2Zr-2. The summed E-state index contributed by atoms with van der Waals surface area (Å²) in [5.41, 5.74) is 8.49. The maximum atomic E-state index is 3.30. The van der Waals surface area contributed by atoms with Crippen molar-refractivity contribution in [2.45, 2.75) is 44.4 Å². The Morgan fingerprint density at radius 3 is 2.03 bits per heavy atom. The van der Waals surface area contributed by atoms with Crippen LogP contribution in [0.3, 0.4) is 0 Å². The van der Waals surface area contributed by atoms with Gasteiger partial charge in [-0.15, -0.1) is 5.56 Å². The summed E-state index contributed by atoms with van der Waals surface area (Å²) in [6, 6.07) is 37.6. The molecule has 4 saturated carbocycles. The van der Waals surface area contributed by atoms with Crippen LogP contribution in [0.15, 0.2) is 97.1 Å². The zero-order valence-electron chi connectivity index (χ0n) is 21.7. The third-order valence-corrected chi connectivity index (χ3v) is 9.70. The van der Waals surface area contributed by atoms with Gasteiger partial charge in [0, 0.05) is 0 Å². The number of fused-ring (bicyclic) bond motifs is 3. The fourth-order valence-corrected chi connectivity index (χ4v) is 8.10. The first-order valence-corrected chi connectivity index (χ1v) is 15.1. The molecule has 0 N–H and O–H groups in total. The first kappa shape index (κ1) is 29.3. The number of hydrogen-bond donors (Lipinski definition) is 0. The molecule has 0 aliphatic heterocycles. The summed E-state index contributed by atoms with van der Waals surface area (Å²) >= 11 is 1.46. The summed E-state index contributed by atoms with van der Waals surface area (Å²) in [5.74, 6) is 5.25. The summed E-state index contributed by atoms with van der Waals surface area (Å²) in [7, 11) is 0. The summed E-state index contributed by atoms with van der Waals surface area (Å²) < 4.78 is 2.17. The average Bonchev–Trinajstić information content (AvgIpc) is 3.58. The second kappa shape index (κ2) is 13.6. The topological polar surface area (TPSA) is 0 Å². The normalized spacial score (nSPS) is 24.7. The van der Waals surface area contributed by atoms with Gasteiger partial charge in [-0.3, -0.25) is 0 Å². The van der Waals surface area contributed by atoms with Gasteiger partial charge in [-0.25, -0.2) is 6.07 Å². The van der Waals surface area contributed by atoms with Gasteiger partial charge in [0.2, 0.25) is 0 Å². The van der Waals surface area contributed by atoms with E-state index in [1.807, 2.05) is 12.1 Å². The third kappa shape index (κ3) is 6.38. The van der Waals surface area contributed by atoms with Gasteiger partial charge >= 0.3 is 63.8 Å². The van der Waals surface area contributed by atoms with E-state index in [0.29, 0.717) is 0 Å². The quantitative estimate of drug-likeness (QED) is 0.268. The number of hydrogen-bond acceptors (Lipinski definition) is 0. The van der Waals surface area contributed by atoms with Gasteiger partial charge in [0.15, 0.2) is 0 Å². The summed E-state index contributed by atoms with van der Waals surface area (Å²) in [5, 5.41) is 0. The predicted molar refractivity (Wildman–Crippen MR) is 147 cm³/mol. The van der Waals surface area contributed by atoms with Crippen molar-refractivity contribution in [3.63, 3.8) is 0 Å². The van der Waals surface area contributed by atoms with Crippen molar-refractivity contribution in [2.24, 2.45) is 23.7 Å². The van der Waals surface area contributed by atoms with Crippen molar-refractivity contribution in [1.29, 1.82) is 0 Å². The Morgan fingerprint density at radius 2 is 1.39 bits per heavy atom. The Bertz CT molecular complexity index is 1220. The summed E-state index contributed by atoms with van der Waals surface area (Å²) in [6.45, 7) is 0. The Morgan fingerprint density at radius 1 is 0.737 bits per heavy atom. The zero-order chi connectivity index (χ0) is 24.3. The van der Waals surface area contributed by atoms with Gasteiger partial charge in [-0.1, -0.05) is 41.3 Å². The van der Waals surface area contributed by atoms with Crippen molar-refractivity contribution in [3.8, 4) is 11.1 Å². The molecule has 5 aliphatic carbocycles. The zero-order valence-corrected chi connectivity index (χ0v) is 25.7. The van der Waals surface area contributed by atoms with E-state index in [9.17, 15) is 0 Å². The first-order valence-electron chi connectivity index (χ1n) is 13.6. The molecule has 0 amide bonds. The van der Waals surface area contributed by atoms with E-state index in [4.69, 9.17) is 0 Å². The molecule has 0 nitrogen and oxygen atoms in total. The molecule has 0 radical (unpaired) electrons. The molecule has 0 saturated heterocycles. The van der Waals surface area contributed by atoms with Gasteiger partial charge in [-0.2, -0.15) is 53.6 Å². The summed E-state index contributed by atoms with van der Waals surface area (Å²) in [4.78, 5) is 0. The molecular weight excluding hydrogens is 583 g/mol. The maximum Gasteiger partial charge on any atom is -0.0253 e. The minimum Gasteiger partial charge on any atom is -0.210 e. The molecule has 0 atom stereocenters. The van der Waals surface area contributed by atoms with Crippen LogP contribution in [0, 0.1) is 29.7 Å². The first-order chi connectivity index (χ1) is 17.8. The van der Waals surface area contributed by atoms with Crippen LogP contribution in [0.4, 0.5) is 0 Å². The van der Waals surface area contributed by atoms with Crippen LogP contribution >= 0.6 is 0 Å². The number of rotatable bonds is 2. The second-order valence-corrected chi connectivity index (χ2v) is 11.8. The van der Waals surface area contributed by atoms with Gasteiger partial charge in [0.1, 0.15) is 0 Å². The van der Waals surface area contributed by atoms with Gasteiger partial charge in [0.05, 0.1) is 0 Å². The van der Waals surface area contributed by atoms with Gasteiger partial charge in [-0.05, 0) is 62.2 Å². The average molecular weight is 617 g/mol. The van der Waals surface area contributed by atoms with E-state index in [2.05, 4.69) is 94.7 Å². The van der Waals surface area contributed by atoms with Crippen LogP contribution in [-0.2, 0) is 30.7 Å². The van der Waals surface area contributed by atoms with Crippen molar-refractivity contribution < 1.29 is 49.0 Å². The Kier molecular flexibility index (Phi) is 10.5. The molecule has 4 aromatic rings. The van der Waals surface area contributed by atoms with Crippen LogP contribution in [0.2, 0.25) is 0 Å². The Balaban J connectivity index is 0.000000135. The van der Waals surface area contributed by atoms with E-state index < -0.39 is 0 Å². The van der Waals surface area contributed by atoms with Crippen molar-refractivity contribution in [1.82, 2.24) is 0 Å². The number of benzene rings is 3. The van der Waals surface area contributed by atoms with Gasteiger partial charge < -0.3 is 24.8 Å². The molecule has 4 bridgehead atoms. The molecule has 0 spiro atoms. The van der Waals surface area contributed by atoms with E-state index in [1.54, 1.807) is 37.7 Å². The fraction of sp³-hybridized carbons (Fsp3) is 0.314. The largest absolute Gasteiger partial charge is 0.210 e. The molecule has 0 heterocycles. The van der Waals surface area contributed by atoms with E-state index in [0.717, 1.165) is 36.0 Å². The minimum atomic E-state index is 0. The molecule has 4 aromatic carbocycles. The molecule has 4 fully saturated rings. The van der Waals surface area contributed by atoms with Crippen LogP contribution in [0.25, 0.3) is 11.1 Å². The van der Waals surface area contributed by atoms with Crippen molar-refractivity contribution in [2.75, 3.05) is 0 Å². The second-order valence-electron chi connectivity index (χ2n) is 11.1. The maximum absolute atomic E-state index is 3.30. The predicted octanol–water partition coefficient (Wildman–Crippen LogP) is 2.39. The van der Waals surface area contributed by atoms with Crippen LogP contribution < -0.4 is 24.8 Å². The molecule has 38 heavy (non-hydrogen) atoms. The minimum absolute atomic E-state index is 0. The molecule has 3 heteroatoms. The summed E-state index contributed by atoms with van der Waals surface area (Å²) in [6.07, 6.45) is 8.80. The molecule has 5 aliphatic rings. The third-order valence-electron chi connectivity index (χ3n) is 8.88. The number of halogens is 2. The van der Waals surface area contributed by atoms with Crippen LogP contribution in [-0.4, -0.2) is 3.71 Å². The van der Waals surface area contributed by atoms with Gasteiger partial charge in [0.25, 0.3) is 0 Å². The molecule has 9 rings (SSSR count). The van der Waals surface area contributed by atoms with Crippen LogP contribution in [0.5, 0.6) is 0 Å². The molecule has 0 unspecified atom stereocenters. The van der Waals surface area contributed by atoms with Crippen LogP contribution in [0.1, 0.15) is 60.3 Å². The molecule has 0 aromatic heterocycles. The SMILES string of the molecule is [Cl-].[Cl-].[Zr+2]=[CH]c1ccccc1.[c-]1cccc2c1Cc1ccccc1-2.c1cc(C2C3CC4CC(C3)CC2C4)c[cH-]1. The molecule has 194 valence electrons. The van der Waals surface area contributed by atoms with Crippen molar-refractivity contribution in [3.05, 3.63) is 125 Å². The standard InChI is InChI=1S/C15H19.C13H9.C7H6.2ClH.Zr/c1-2-4-12(3-1)15-13-6-10-5-11(8-13)9-14(15)7-10;1-3-7-12-10(5-1)9-11-6-2-4-8-13(11)12;1-7-5-3-2-4-6-7;;;/h1-4,10-11,13-15H,5-9H2;1-5,7-8H,9H2;1-6H;2*1H;/q2*-1;;;;+2/p-2. The van der Waals surface area contributed by atoms with E-state index in [1.165, 1.54) is 52.1 Å². The van der Waals surface area contributed by atoms with Crippen molar-refractivity contribution >= 4 is 3.71 Å². The van der Waals surface area contributed by atoms with E-state index >= 15 is 0 Å². The Hall–Kier alpha value is -1.66. The Labute approximate surface area is 255 Å².